The maximum atomic E-state index is 11.5. The van der Waals surface area contributed by atoms with E-state index in [0.29, 0.717) is 32.4 Å². The second-order valence-electron chi connectivity index (χ2n) is 7.36. The number of nitriles is 1. The van der Waals surface area contributed by atoms with E-state index in [9.17, 15) is 10.1 Å². The standard InChI is InChI=1S/C21H21ClN8OS/c1-13(31)30-6-4-29(5-7-30)12-14-8-15(22)10-16(9-14)26-21-25-3-2-17(27-21)19-18(11-23)32-20(24)28-19/h2-3,8-10H,4-7,12H2,1H3,(H2,24,28)(H,25,26,27). The number of aromatic nitrogens is 3. The van der Waals surface area contributed by atoms with Gasteiger partial charge in [-0.25, -0.2) is 15.0 Å². The summed E-state index contributed by atoms with van der Waals surface area (Å²) in [6.07, 6.45) is 1.60. The molecule has 1 aromatic carbocycles. The first-order valence-corrected chi connectivity index (χ1v) is 11.1. The zero-order chi connectivity index (χ0) is 22.7. The molecule has 3 aromatic rings. The van der Waals surface area contributed by atoms with Crippen LogP contribution in [0.4, 0.5) is 16.8 Å². The summed E-state index contributed by atoms with van der Waals surface area (Å²) < 4.78 is 0. The zero-order valence-electron chi connectivity index (χ0n) is 17.4. The van der Waals surface area contributed by atoms with Gasteiger partial charge in [0.1, 0.15) is 16.6 Å². The van der Waals surface area contributed by atoms with Crippen LogP contribution in [0, 0.1) is 11.3 Å². The number of amides is 1. The summed E-state index contributed by atoms with van der Waals surface area (Å²) in [7, 11) is 0. The van der Waals surface area contributed by atoms with E-state index in [1.165, 1.54) is 0 Å². The van der Waals surface area contributed by atoms with Gasteiger partial charge in [-0.15, -0.1) is 0 Å². The molecule has 0 bridgehead atoms. The fourth-order valence-electron chi connectivity index (χ4n) is 3.56. The smallest absolute Gasteiger partial charge is 0.227 e. The fraction of sp³-hybridized carbons (Fsp3) is 0.286. The highest BCUT2D eigenvalue weighted by atomic mass is 35.5. The third-order valence-corrected chi connectivity index (χ3v) is 6.09. The third-order valence-electron chi connectivity index (χ3n) is 5.08. The number of halogens is 1. The molecule has 3 heterocycles. The van der Waals surface area contributed by atoms with Gasteiger partial charge in [0.05, 0.1) is 5.69 Å². The molecule has 11 heteroatoms. The molecule has 1 aliphatic heterocycles. The molecule has 0 unspecified atom stereocenters. The van der Waals surface area contributed by atoms with E-state index < -0.39 is 0 Å². The number of thiazole rings is 1. The van der Waals surface area contributed by atoms with E-state index in [1.807, 2.05) is 17.0 Å². The number of nitrogen functional groups attached to an aromatic ring is 1. The number of hydrogen-bond donors (Lipinski definition) is 2. The van der Waals surface area contributed by atoms with Crippen molar-refractivity contribution in [3.05, 3.63) is 45.9 Å². The predicted molar refractivity (Wildman–Crippen MR) is 125 cm³/mol. The molecule has 0 spiro atoms. The highest BCUT2D eigenvalue weighted by molar-refractivity contribution is 7.16. The van der Waals surface area contributed by atoms with Gasteiger partial charge in [0.2, 0.25) is 11.9 Å². The minimum absolute atomic E-state index is 0.114. The van der Waals surface area contributed by atoms with Crippen molar-refractivity contribution in [3.63, 3.8) is 0 Å². The van der Waals surface area contributed by atoms with Gasteiger partial charge in [-0.1, -0.05) is 22.9 Å². The molecule has 9 nitrogen and oxygen atoms in total. The molecule has 3 N–H and O–H groups in total. The van der Waals surface area contributed by atoms with Gasteiger partial charge >= 0.3 is 0 Å². The Balaban J connectivity index is 1.49. The highest BCUT2D eigenvalue weighted by Gasteiger charge is 2.19. The van der Waals surface area contributed by atoms with Crippen LogP contribution < -0.4 is 11.1 Å². The molecular formula is C21H21ClN8OS. The van der Waals surface area contributed by atoms with Crippen molar-refractivity contribution in [3.8, 4) is 17.5 Å². The molecule has 0 aliphatic carbocycles. The SMILES string of the molecule is CC(=O)N1CCN(Cc2cc(Cl)cc(Nc3nccc(-c4nc(N)sc4C#N)n3)c2)CC1. The normalized spacial score (nSPS) is 14.2. The number of hydrogen-bond acceptors (Lipinski definition) is 9. The lowest BCUT2D eigenvalue weighted by Gasteiger charge is -2.34. The second-order valence-corrected chi connectivity index (χ2v) is 8.83. The Morgan fingerprint density at radius 3 is 2.78 bits per heavy atom. The van der Waals surface area contributed by atoms with E-state index in [2.05, 4.69) is 31.2 Å². The number of benzene rings is 1. The lowest BCUT2D eigenvalue weighted by molar-refractivity contribution is -0.130. The molecule has 0 saturated carbocycles. The number of nitrogens with one attached hydrogen (secondary N) is 1. The summed E-state index contributed by atoms with van der Waals surface area (Å²) in [4.78, 5) is 29.1. The van der Waals surface area contributed by atoms with Crippen LogP contribution in [-0.4, -0.2) is 56.8 Å². The zero-order valence-corrected chi connectivity index (χ0v) is 18.9. The van der Waals surface area contributed by atoms with E-state index in [1.54, 1.807) is 25.3 Å². The van der Waals surface area contributed by atoms with Gasteiger partial charge in [0, 0.05) is 56.6 Å². The van der Waals surface area contributed by atoms with Crippen LogP contribution in [0.3, 0.4) is 0 Å². The van der Waals surface area contributed by atoms with E-state index in [-0.39, 0.29) is 5.91 Å². The first-order valence-electron chi connectivity index (χ1n) is 9.95. The number of nitrogens with zero attached hydrogens (tertiary/aromatic N) is 6. The quantitative estimate of drug-likeness (QED) is 0.585. The second kappa shape index (κ2) is 9.48. The minimum Gasteiger partial charge on any atom is -0.375 e. The Hall–Kier alpha value is -3.26. The number of rotatable bonds is 5. The number of nitrogens with two attached hydrogens (primary N) is 1. The van der Waals surface area contributed by atoms with Crippen LogP contribution in [0.1, 0.15) is 17.4 Å². The van der Waals surface area contributed by atoms with Gasteiger partial charge in [-0.3, -0.25) is 9.69 Å². The van der Waals surface area contributed by atoms with E-state index >= 15 is 0 Å². The molecule has 0 atom stereocenters. The maximum Gasteiger partial charge on any atom is 0.227 e. The van der Waals surface area contributed by atoms with Crippen molar-refractivity contribution in [2.45, 2.75) is 13.5 Å². The molecule has 1 fully saturated rings. The summed E-state index contributed by atoms with van der Waals surface area (Å²) >= 11 is 7.48. The summed E-state index contributed by atoms with van der Waals surface area (Å²) in [6, 6.07) is 9.52. The summed E-state index contributed by atoms with van der Waals surface area (Å²) in [5.74, 6) is 0.476. The average Bonchev–Trinajstić information content (AvgIpc) is 3.15. The van der Waals surface area contributed by atoms with Crippen molar-refractivity contribution in [1.29, 1.82) is 5.26 Å². The van der Waals surface area contributed by atoms with Crippen molar-refractivity contribution in [1.82, 2.24) is 24.8 Å². The first-order chi connectivity index (χ1) is 15.4. The Morgan fingerprint density at radius 1 is 1.28 bits per heavy atom. The number of piperazine rings is 1. The van der Waals surface area contributed by atoms with Crippen molar-refractivity contribution >= 4 is 45.6 Å². The van der Waals surface area contributed by atoms with Crippen LogP contribution in [0.2, 0.25) is 5.02 Å². The molecule has 1 aliphatic rings. The van der Waals surface area contributed by atoms with Crippen molar-refractivity contribution in [2.24, 2.45) is 0 Å². The van der Waals surface area contributed by atoms with Gasteiger partial charge in [0.15, 0.2) is 5.13 Å². The number of carbonyl (C=O) groups excluding carboxylic acids is 1. The first kappa shape index (κ1) is 22.0. The predicted octanol–water partition coefficient (Wildman–Crippen LogP) is 3.12. The lowest BCUT2D eigenvalue weighted by atomic mass is 10.1. The molecule has 2 aromatic heterocycles. The van der Waals surface area contributed by atoms with Crippen LogP contribution in [-0.2, 0) is 11.3 Å². The monoisotopic (exact) mass is 468 g/mol. The van der Waals surface area contributed by atoms with E-state index in [0.717, 1.165) is 55.3 Å². The minimum atomic E-state index is 0.114. The Labute approximate surface area is 194 Å². The number of anilines is 3. The van der Waals surface area contributed by atoms with Gasteiger partial charge < -0.3 is 16.0 Å². The lowest BCUT2D eigenvalue weighted by Crippen LogP contribution is -2.47. The summed E-state index contributed by atoms with van der Waals surface area (Å²) in [5.41, 5.74) is 8.50. The average molecular weight is 469 g/mol. The Morgan fingerprint density at radius 2 is 2.06 bits per heavy atom. The third kappa shape index (κ3) is 5.13. The Kier molecular flexibility index (Phi) is 6.50. The molecule has 32 heavy (non-hydrogen) atoms. The van der Waals surface area contributed by atoms with Crippen molar-refractivity contribution < 1.29 is 4.79 Å². The molecule has 0 radical (unpaired) electrons. The van der Waals surface area contributed by atoms with Crippen LogP contribution >= 0.6 is 22.9 Å². The molecular weight excluding hydrogens is 448 g/mol. The summed E-state index contributed by atoms with van der Waals surface area (Å²) in [5, 5.41) is 13.4. The topological polar surface area (TPSA) is 124 Å². The van der Waals surface area contributed by atoms with Gasteiger partial charge in [-0.05, 0) is 29.8 Å². The maximum absolute atomic E-state index is 11.5. The summed E-state index contributed by atoms with van der Waals surface area (Å²) in [6.45, 7) is 5.43. The molecule has 164 valence electrons. The number of carbonyl (C=O) groups is 1. The van der Waals surface area contributed by atoms with Crippen molar-refractivity contribution in [2.75, 3.05) is 37.2 Å². The van der Waals surface area contributed by atoms with Crippen LogP contribution in [0.5, 0.6) is 0 Å². The van der Waals surface area contributed by atoms with Gasteiger partial charge in [-0.2, -0.15) is 5.26 Å². The Bertz CT molecular complexity index is 1180. The molecule has 1 saturated heterocycles. The largest absolute Gasteiger partial charge is 0.375 e. The highest BCUT2D eigenvalue weighted by Crippen LogP contribution is 2.29. The van der Waals surface area contributed by atoms with Crippen LogP contribution in [0.15, 0.2) is 30.5 Å². The molecule has 4 rings (SSSR count). The fourth-order valence-corrected chi connectivity index (χ4v) is 4.46. The van der Waals surface area contributed by atoms with Crippen LogP contribution in [0.25, 0.3) is 11.4 Å². The van der Waals surface area contributed by atoms with E-state index in [4.69, 9.17) is 17.3 Å². The van der Waals surface area contributed by atoms with Gasteiger partial charge in [0.25, 0.3) is 0 Å². The molecule has 1 amide bonds.